The quantitative estimate of drug-likeness (QED) is 0.603. The van der Waals surface area contributed by atoms with Crippen LogP contribution < -0.4 is 5.32 Å². The number of nitrogens with zero attached hydrogens (tertiary/aromatic N) is 4. The fraction of sp³-hybridized carbons (Fsp3) is 0.105. The van der Waals surface area contributed by atoms with Crippen molar-refractivity contribution in [3.8, 4) is 5.69 Å². The van der Waals surface area contributed by atoms with Gasteiger partial charge in [0.15, 0.2) is 10.3 Å². The van der Waals surface area contributed by atoms with Crippen LogP contribution in [0.25, 0.3) is 11.8 Å². The zero-order valence-corrected chi connectivity index (χ0v) is 16.8. The van der Waals surface area contributed by atoms with Crippen LogP contribution in [0.5, 0.6) is 0 Å². The molecule has 0 aliphatic carbocycles. The Bertz CT molecular complexity index is 1150. The van der Waals surface area contributed by atoms with Crippen LogP contribution in [0.2, 0.25) is 0 Å². The summed E-state index contributed by atoms with van der Waals surface area (Å²) in [5.41, 5.74) is 3.01. The van der Waals surface area contributed by atoms with Crippen molar-refractivity contribution in [1.29, 1.82) is 0 Å². The Morgan fingerprint density at radius 2 is 2.10 bits per heavy atom. The highest BCUT2D eigenvalue weighted by Gasteiger charge is 2.23. The van der Waals surface area contributed by atoms with Crippen LogP contribution in [-0.4, -0.2) is 36.9 Å². The van der Waals surface area contributed by atoms with Crippen LogP contribution in [-0.2, 0) is 16.0 Å². The first-order chi connectivity index (χ1) is 14.0. The van der Waals surface area contributed by atoms with Crippen molar-refractivity contribution in [3.05, 3.63) is 63.8 Å². The smallest absolute Gasteiger partial charge is 0.309 e. The van der Waals surface area contributed by atoms with Gasteiger partial charge in [0.1, 0.15) is 0 Å². The Kier molecular flexibility index (Phi) is 5.28. The summed E-state index contributed by atoms with van der Waals surface area (Å²) in [6.45, 7) is 1.95. The maximum atomic E-state index is 12.2. The van der Waals surface area contributed by atoms with Crippen LogP contribution in [0.4, 0.5) is 5.13 Å². The highest BCUT2D eigenvalue weighted by atomic mass is 32.2. The van der Waals surface area contributed by atoms with Crippen LogP contribution in [0.1, 0.15) is 17.1 Å². The predicted molar refractivity (Wildman–Crippen MR) is 113 cm³/mol. The van der Waals surface area contributed by atoms with E-state index < -0.39 is 5.97 Å². The standard InChI is InChI=1S/C19H15N5O3S2/c1-11-7-12(23-24(11)14-5-3-2-4-6-14)8-15-17(27)21-19(29-15)22-18-20-13(10-28-18)9-16(25)26/h2-8,10H,9H2,1H3,(H,25,26)(H,20,21,22,27). The Hall–Kier alpha value is -3.24. The number of aliphatic imine (C=N–C) groups is 1. The third-order valence-corrected chi connectivity index (χ3v) is 5.61. The molecule has 8 nitrogen and oxygen atoms in total. The summed E-state index contributed by atoms with van der Waals surface area (Å²) < 4.78 is 1.82. The third kappa shape index (κ3) is 4.44. The number of thioether (sulfide) groups is 1. The van der Waals surface area contributed by atoms with E-state index in [-0.39, 0.29) is 12.3 Å². The molecule has 1 aromatic carbocycles. The van der Waals surface area contributed by atoms with Crippen molar-refractivity contribution < 1.29 is 14.7 Å². The topological polar surface area (TPSA) is 109 Å². The molecule has 0 fully saturated rings. The number of anilines is 1. The van der Waals surface area contributed by atoms with Crippen molar-refractivity contribution in [2.45, 2.75) is 13.3 Å². The zero-order valence-electron chi connectivity index (χ0n) is 15.2. The van der Waals surface area contributed by atoms with Crippen molar-refractivity contribution in [2.24, 2.45) is 4.99 Å². The lowest BCUT2D eigenvalue weighted by molar-refractivity contribution is -0.136. The number of aryl methyl sites for hydroxylation is 1. The monoisotopic (exact) mass is 425 g/mol. The maximum Gasteiger partial charge on any atom is 0.309 e. The lowest BCUT2D eigenvalue weighted by Crippen LogP contribution is -2.05. The Morgan fingerprint density at radius 3 is 2.86 bits per heavy atom. The van der Waals surface area contributed by atoms with Crippen LogP contribution in [0.15, 0.2) is 51.7 Å². The van der Waals surface area contributed by atoms with E-state index in [1.54, 1.807) is 11.5 Å². The van der Waals surface area contributed by atoms with E-state index in [0.29, 0.717) is 26.6 Å². The third-order valence-electron chi connectivity index (χ3n) is 3.90. The fourth-order valence-corrected chi connectivity index (χ4v) is 4.26. The number of amides is 1. The SMILES string of the molecule is Cc1cc(C=C2SC(Nc3nc(CC(=O)O)cs3)=NC2=O)nn1-c1ccccc1. The number of carboxylic acids is 1. The summed E-state index contributed by atoms with van der Waals surface area (Å²) in [5, 5.41) is 18.9. The number of rotatable bonds is 5. The lowest BCUT2D eigenvalue weighted by Gasteiger charge is -2.02. The van der Waals surface area contributed by atoms with Crippen molar-refractivity contribution >= 4 is 51.4 Å². The van der Waals surface area contributed by atoms with Gasteiger partial charge in [-0.05, 0) is 43.0 Å². The molecule has 146 valence electrons. The fourth-order valence-electron chi connectivity index (χ4n) is 2.69. The summed E-state index contributed by atoms with van der Waals surface area (Å²) in [4.78, 5) is 31.6. The molecule has 3 aromatic rings. The number of para-hydroxylation sites is 1. The van der Waals surface area contributed by atoms with Gasteiger partial charge in [-0.25, -0.2) is 9.67 Å². The number of hydrogen-bond donors (Lipinski definition) is 2. The molecular formula is C19H15N5O3S2. The van der Waals surface area contributed by atoms with Gasteiger partial charge in [0.25, 0.3) is 5.91 Å². The number of thiazole rings is 1. The number of hydrogen-bond acceptors (Lipinski definition) is 7. The minimum Gasteiger partial charge on any atom is -0.481 e. The van der Waals surface area contributed by atoms with Gasteiger partial charge >= 0.3 is 5.97 Å². The number of aliphatic carboxylic acids is 1. The minimum atomic E-state index is -0.944. The van der Waals surface area contributed by atoms with Crippen molar-refractivity contribution in [2.75, 3.05) is 5.32 Å². The van der Waals surface area contributed by atoms with E-state index in [0.717, 1.165) is 11.4 Å². The van der Waals surface area contributed by atoms with Crippen molar-refractivity contribution in [1.82, 2.24) is 14.8 Å². The number of carbonyl (C=O) groups is 2. The van der Waals surface area contributed by atoms with Crippen LogP contribution in [0, 0.1) is 6.92 Å². The number of carbonyl (C=O) groups excluding carboxylic acids is 1. The normalized spacial score (nSPS) is 15.0. The molecule has 1 aliphatic rings. The zero-order chi connectivity index (χ0) is 20.4. The van der Waals surface area contributed by atoms with E-state index >= 15 is 0 Å². The first kappa shape index (κ1) is 19.1. The van der Waals surface area contributed by atoms with E-state index in [1.807, 2.05) is 48.0 Å². The second kappa shape index (κ2) is 8.02. The molecular weight excluding hydrogens is 410 g/mol. The number of benzene rings is 1. The van der Waals surface area contributed by atoms with E-state index in [4.69, 9.17) is 5.11 Å². The molecule has 3 heterocycles. The van der Waals surface area contributed by atoms with Gasteiger partial charge in [-0.15, -0.1) is 11.3 Å². The van der Waals surface area contributed by atoms with Gasteiger partial charge < -0.3 is 10.4 Å². The summed E-state index contributed by atoms with van der Waals surface area (Å²) in [6, 6.07) is 11.7. The highest BCUT2D eigenvalue weighted by Crippen LogP contribution is 2.30. The second-order valence-electron chi connectivity index (χ2n) is 6.13. The molecule has 2 aromatic heterocycles. The van der Waals surface area contributed by atoms with Gasteiger partial charge in [-0.3, -0.25) is 9.59 Å². The Balaban J connectivity index is 1.47. The number of aromatic nitrogens is 3. The maximum absolute atomic E-state index is 12.2. The molecule has 0 radical (unpaired) electrons. The number of amidine groups is 1. The largest absolute Gasteiger partial charge is 0.481 e. The molecule has 4 rings (SSSR count). The predicted octanol–water partition coefficient (Wildman–Crippen LogP) is 3.35. The summed E-state index contributed by atoms with van der Waals surface area (Å²) in [5.74, 6) is -1.30. The molecule has 0 spiro atoms. The van der Waals surface area contributed by atoms with Gasteiger partial charge in [-0.1, -0.05) is 18.2 Å². The Labute approximate surface area is 174 Å². The number of carboxylic acid groups (broad SMARTS) is 1. The van der Waals surface area contributed by atoms with Crippen LogP contribution in [0.3, 0.4) is 0 Å². The first-order valence-corrected chi connectivity index (χ1v) is 10.3. The highest BCUT2D eigenvalue weighted by molar-refractivity contribution is 8.18. The molecule has 0 saturated carbocycles. The molecule has 1 aliphatic heterocycles. The molecule has 2 N–H and O–H groups in total. The molecule has 0 unspecified atom stereocenters. The average molecular weight is 425 g/mol. The second-order valence-corrected chi connectivity index (χ2v) is 8.02. The lowest BCUT2D eigenvalue weighted by atomic mass is 10.3. The summed E-state index contributed by atoms with van der Waals surface area (Å²) in [6.07, 6.45) is 1.56. The molecule has 1 amide bonds. The van der Waals surface area contributed by atoms with Gasteiger partial charge in [-0.2, -0.15) is 10.1 Å². The molecule has 0 bridgehead atoms. The summed E-state index contributed by atoms with van der Waals surface area (Å²) >= 11 is 2.46. The van der Waals surface area contributed by atoms with Gasteiger partial charge in [0.05, 0.1) is 28.4 Å². The molecule has 10 heteroatoms. The molecule has 0 atom stereocenters. The van der Waals surface area contributed by atoms with E-state index in [9.17, 15) is 9.59 Å². The summed E-state index contributed by atoms with van der Waals surface area (Å²) in [7, 11) is 0. The van der Waals surface area contributed by atoms with Crippen molar-refractivity contribution in [3.63, 3.8) is 0 Å². The molecule has 29 heavy (non-hydrogen) atoms. The first-order valence-electron chi connectivity index (χ1n) is 8.56. The average Bonchev–Trinajstić information content (AvgIpc) is 3.36. The van der Waals surface area contributed by atoms with E-state index in [1.165, 1.54) is 23.1 Å². The molecule has 0 saturated heterocycles. The van der Waals surface area contributed by atoms with E-state index in [2.05, 4.69) is 20.4 Å². The number of nitrogens with one attached hydrogen (secondary N) is 1. The minimum absolute atomic E-state index is 0.148. The van der Waals surface area contributed by atoms with Gasteiger partial charge in [0, 0.05) is 11.1 Å². The Morgan fingerprint density at radius 1 is 1.31 bits per heavy atom. The van der Waals surface area contributed by atoms with Gasteiger partial charge in [0.2, 0.25) is 0 Å². The van der Waals surface area contributed by atoms with Crippen LogP contribution >= 0.6 is 23.1 Å².